The first kappa shape index (κ1) is 19.9. The second-order valence-electron chi connectivity index (χ2n) is 7.51. The Morgan fingerprint density at radius 1 is 0.839 bits per heavy atom. The van der Waals surface area contributed by atoms with Crippen LogP contribution in [-0.4, -0.2) is 55.3 Å². The van der Waals surface area contributed by atoms with E-state index in [2.05, 4.69) is 59.5 Å². The molecule has 0 aliphatic carbocycles. The van der Waals surface area contributed by atoms with Crippen molar-refractivity contribution in [1.82, 2.24) is 9.80 Å². The number of para-hydroxylation sites is 2. The SMILES string of the molecule is CN1C(=O)C(=Cc2ccc(N3c4ccccc4Cc4ccccc43)[se]2)C(=O)N(C)C1=S. The molecule has 1 fully saturated rings. The van der Waals surface area contributed by atoms with E-state index in [1.165, 1.54) is 36.9 Å². The van der Waals surface area contributed by atoms with E-state index in [0.717, 1.165) is 10.9 Å². The molecule has 3 aromatic rings. The summed E-state index contributed by atoms with van der Waals surface area (Å²) >= 11 is 5.12. The summed E-state index contributed by atoms with van der Waals surface area (Å²) in [6.45, 7) is 0. The Labute approximate surface area is 191 Å². The molecule has 5 rings (SSSR count). The van der Waals surface area contributed by atoms with Gasteiger partial charge in [-0.2, -0.15) is 0 Å². The number of fused-ring (bicyclic) bond motifs is 2. The number of carbonyl (C=O) groups is 2. The summed E-state index contributed by atoms with van der Waals surface area (Å²) in [5.74, 6) is -0.709. The van der Waals surface area contributed by atoms with Crippen LogP contribution in [-0.2, 0) is 16.0 Å². The third kappa shape index (κ3) is 3.26. The molecule has 3 heterocycles. The number of amides is 2. The van der Waals surface area contributed by atoms with E-state index in [4.69, 9.17) is 12.2 Å². The minimum atomic E-state index is -0.355. The van der Waals surface area contributed by atoms with E-state index in [0.29, 0.717) is 0 Å². The fraction of sp³-hybridized carbons (Fsp3) is 0.125. The quantitative estimate of drug-likeness (QED) is 0.185. The van der Waals surface area contributed by atoms with E-state index < -0.39 is 0 Å². The minimum absolute atomic E-state index is 0.0553. The van der Waals surface area contributed by atoms with Crippen molar-refractivity contribution < 1.29 is 9.59 Å². The van der Waals surface area contributed by atoms with Crippen LogP contribution in [0.2, 0.25) is 0 Å². The number of anilines is 3. The van der Waals surface area contributed by atoms with Gasteiger partial charge in [0.1, 0.15) is 0 Å². The Morgan fingerprint density at radius 2 is 1.39 bits per heavy atom. The zero-order chi connectivity index (χ0) is 21.7. The van der Waals surface area contributed by atoms with Gasteiger partial charge in [-0.3, -0.25) is 0 Å². The average Bonchev–Trinajstić information content (AvgIpc) is 3.25. The summed E-state index contributed by atoms with van der Waals surface area (Å²) in [5, 5.41) is 0.221. The standard InChI is InChI=1S/C24H19N3O2SSe/c1-25-22(28)18(23(29)26(2)24(25)30)14-17-11-12-21(31-17)27-19-9-5-3-7-15(19)13-16-8-4-6-10-20(16)27/h3-12,14H,13H2,1-2H3. The predicted octanol–water partition coefficient (Wildman–Crippen LogP) is 3.72. The molecule has 0 spiro atoms. The van der Waals surface area contributed by atoms with Gasteiger partial charge in [0.2, 0.25) is 0 Å². The summed E-state index contributed by atoms with van der Waals surface area (Å²) in [5.41, 5.74) is 5.11. The molecule has 154 valence electrons. The van der Waals surface area contributed by atoms with Crippen molar-refractivity contribution in [3.05, 3.63) is 81.8 Å². The monoisotopic (exact) mass is 493 g/mol. The third-order valence-corrected chi connectivity index (χ3v) is 8.29. The van der Waals surface area contributed by atoms with Crippen molar-refractivity contribution in [2.45, 2.75) is 6.42 Å². The number of likely N-dealkylation sites (N-methyl/N-ethyl adjacent to an activating group) is 2. The summed E-state index contributed by atoms with van der Waals surface area (Å²) in [7, 11) is 3.20. The molecule has 2 aliphatic heterocycles. The zero-order valence-electron chi connectivity index (χ0n) is 17.0. The molecule has 1 saturated heterocycles. The molecule has 0 unspecified atom stereocenters. The predicted molar refractivity (Wildman–Crippen MR) is 127 cm³/mol. The molecule has 1 aromatic heterocycles. The Morgan fingerprint density at radius 3 is 1.97 bits per heavy atom. The number of benzene rings is 2. The number of rotatable bonds is 2. The fourth-order valence-electron chi connectivity index (χ4n) is 3.99. The van der Waals surface area contributed by atoms with Gasteiger partial charge in [-0.1, -0.05) is 0 Å². The van der Waals surface area contributed by atoms with Crippen LogP contribution in [0.15, 0.2) is 66.2 Å². The molecule has 31 heavy (non-hydrogen) atoms. The van der Waals surface area contributed by atoms with Gasteiger partial charge in [0.25, 0.3) is 0 Å². The van der Waals surface area contributed by atoms with E-state index in [9.17, 15) is 9.59 Å². The Kier molecular flexibility index (Phi) is 4.89. The van der Waals surface area contributed by atoms with Gasteiger partial charge in [-0.15, -0.1) is 0 Å². The molecule has 0 N–H and O–H groups in total. The molecule has 0 bridgehead atoms. The Hall–Kier alpha value is -2.99. The third-order valence-electron chi connectivity index (χ3n) is 5.61. The van der Waals surface area contributed by atoms with Gasteiger partial charge in [-0.25, -0.2) is 0 Å². The maximum atomic E-state index is 12.7. The van der Waals surface area contributed by atoms with E-state index in [-0.39, 0.29) is 37.0 Å². The van der Waals surface area contributed by atoms with Crippen molar-refractivity contribution >= 4 is 65.7 Å². The van der Waals surface area contributed by atoms with Crippen molar-refractivity contribution in [3.63, 3.8) is 0 Å². The average molecular weight is 492 g/mol. The molecule has 0 saturated carbocycles. The first-order valence-corrected chi connectivity index (χ1v) is 12.0. The molecular weight excluding hydrogens is 473 g/mol. The van der Waals surface area contributed by atoms with Crippen LogP contribution in [0.3, 0.4) is 0 Å². The van der Waals surface area contributed by atoms with Crippen molar-refractivity contribution in [1.29, 1.82) is 0 Å². The van der Waals surface area contributed by atoms with Crippen LogP contribution in [0, 0.1) is 0 Å². The van der Waals surface area contributed by atoms with Gasteiger partial charge in [0.05, 0.1) is 0 Å². The van der Waals surface area contributed by atoms with Crippen LogP contribution < -0.4 is 4.90 Å². The summed E-state index contributed by atoms with van der Waals surface area (Å²) in [6, 6.07) is 21.0. The van der Waals surface area contributed by atoms with Gasteiger partial charge < -0.3 is 0 Å². The molecule has 5 nitrogen and oxygen atoms in total. The number of thiocarbonyl (C=S) groups is 1. The first-order chi connectivity index (χ1) is 15.0. The molecular formula is C24H19N3O2SSe. The second-order valence-corrected chi connectivity index (χ2v) is 10.2. The molecule has 7 heteroatoms. The van der Waals surface area contributed by atoms with Crippen molar-refractivity contribution in [2.75, 3.05) is 19.0 Å². The molecule has 0 radical (unpaired) electrons. The molecule has 2 aromatic carbocycles. The van der Waals surface area contributed by atoms with Crippen molar-refractivity contribution in [3.8, 4) is 0 Å². The number of nitrogens with zero attached hydrogens (tertiary/aromatic N) is 3. The number of carbonyl (C=O) groups excluding carboxylic acids is 2. The van der Waals surface area contributed by atoms with E-state index in [1.807, 2.05) is 6.07 Å². The molecule has 2 aliphatic rings. The summed E-state index contributed by atoms with van der Waals surface area (Å²) in [4.78, 5) is 30.3. The fourth-order valence-corrected chi connectivity index (χ4v) is 6.21. The topological polar surface area (TPSA) is 43.9 Å². The van der Waals surface area contributed by atoms with Crippen LogP contribution in [0.1, 0.15) is 15.6 Å². The first-order valence-electron chi connectivity index (χ1n) is 9.83. The number of hydrogen-bond acceptors (Lipinski definition) is 4. The zero-order valence-corrected chi connectivity index (χ0v) is 19.6. The van der Waals surface area contributed by atoms with Crippen LogP contribution in [0.5, 0.6) is 0 Å². The second kappa shape index (κ2) is 7.61. The Bertz CT molecular complexity index is 1210. The van der Waals surface area contributed by atoms with Crippen LogP contribution in [0.25, 0.3) is 6.08 Å². The molecule has 2 amide bonds. The van der Waals surface area contributed by atoms with Gasteiger partial charge in [0.15, 0.2) is 0 Å². The molecule has 0 atom stereocenters. The normalized spacial score (nSPS) is 15.9. The maximum absolute atomic E-state index is 12.7. The summed E-state index contributed by atoms with van der Waals surface area (Å²) < 4.78 is 2.15. The van der Waals surface area contributed by atoms with E-state index in [1.54, 1.807) is 20.2 Å². The van der Waals surface area contributed by atoms with Gasteiger partial charge >= 0.3 is 192 Å². The number of hydrogen-bond donors (Lipinski definition) is 0. The van der Waals surface area contributed by atoms with Crippen LogP contribution >= 0.6 is 12.2 Å². The Balaban J connectivity index is 1.57. The van der Waals surface area contributed by atoms with Gasteiger partial charge in [-0.05, 0) is 0 Å². The van der Waals surface area contributed by atoms with Crippen molar-refractivity contribution in [2.24, 2.45) is 0 Å². The van der Waals surface area contributed by atoms with Crippen LogP contribution in [0.4, 0.5) is 15.9 Å². The van der Waals surface area contributed by atoms with Gasteiger partial charge in [0, 0.05) is 0 Å². The van der Waals surface area contributed by atoms with E-state index >= 15 is 0 Å². The summed E-state index contributed by atoms with van der Waals surface area (Å²) in [6.07, 6.45) is 2.64.